The molecule has 2 heteroatoms. The Kier molecular flexibility index (Phi) is 1.81. The zero-order valence-corrected chi connectivity index (χ0v) is 5.52. The van der Waals surface area contributed by atoms with Crippen molar-refractivity contribution in [3.8, 4) is 0 Å². The Hall–Kier alpha value is -1.18. The Balaban J connectivity index is 3.16. The van der Waals surface area contributed by atoms with Gasteiger partial charge in [0, 0.05) is 5.56 Å². The molecule has 1 rings (SSSR count). The third-order valence-corrected chi connectivity index (χ3v) is 1.28. The van der Waals surface area contributed by atoms with Crippen LogP contribution in [0.4, 0.5) is 4.39 Å². The summed E-state index contributed by atoms with van der Waals surface area (Å²) in [5.74, 6) is -0.293. The molecule has 0 N–H and O–H groups in total. The Morgan fingerprint density at radius 2 is 2.20 bits per heavy atom. The van der Waals surface area contributed by atoms with Gasteiger partial charge in [-0.2, -0.15) is 0 Å². The van der Waals surface area contributed by atoms with Crippen LogP contribution in [0.5, 0.6) is 0 Å². The third kappa shape index (κ3) is 1.21. The van der Waals surface area contributed by atoms with E-state index in [2.05, 4.69) is 0 Å². The predicted octanol–water partition coefficient (Wildman–Crippen LogP) is 1.59. The average molecular weight is 137 g/mol. The van der Waals surface area contributed by atoms with E-state index in [0.29, 0.717) is 11.1 Å². The van der Waals surface area contributed by atoms with Crippen molar-refractivity contribution in [1.82, 2.24) is 0 Å². The maximum Gasteiger partial charge on any atom is 0.233 e. The molecule has 0 aliphatic heterocycles. The number of aryl methyl sites for hydroxylation is 1. The van der Waals surface area contributed by atoms with Gasteiger partial charge in [0.15, 0.2) is 0 Å². The van der Waals surface area contributed by atoms with Crippen LogP contribution in [0.3, 0.4) is 0 Å². The van der Waals surface area contributed by atoms with E-state index < -0.39 is 0 Å². The Morgan fingerprint density at radius 3 is 2.70 bits per heavy atom. The van der Waals surface area contributed by atoms with Crippen LogP contribution in [-0.2, 0) is 4.79 Å². The van der Waals surface area contributed by atoms with Gasteiger partial charge in [-0.3, -0.25) is 4.79 Å². The van der Waals surface area contributed by atoms with E-state index in [0.717, 1.165) is 0 Å². The fourth-order valence-electron chi connectivity index (χ4n) is 0.708. The second-order valence-corrected chi connectivity index (χ2v) is 2.07. The first-order valence-electron chi connectivity index (χ1n) is 2.88. The second-order valence-electron chi connectivity index (χ2n) is 2.07. The normalized spacial score (nSPS) is 9.40. The minimum absolute atomic E-state index is 0.293. The molecule has 1 radical (unpaired) electrons. The van der Waals surface area contributed by atoms with Crippen molar-refractivity contribution in [2.45, 2.75) is 6.92 Å². The van der Waals surface area contributed by atoms with Gasteiger partial charge in [-0.1, -0.05) is 0 Å². The summed E-state index contributed by atoms with van der Waals surface area (Å²) < 4.78 is 12.5. The fourth-order valence-corrected chi connectivity index (χ4v) is 0.708. The van der Waals surface area contributed by atoms with Gasteiger partial charge in [-0.05, 0) is 30.7 Å². The molecule has 0 aliphatic rings. The van der Waals surface area contributed by atoms with E-state index in [1.54, 1.807) is 13.2 Å². The highest BCUT2D eigenvalue weighted by molar-refractivity contribution is 5.75. The lowest BCUT2D eigenvalue weighted by molar-refractivity contribution is 0.562. The van der Waals surface area contributed by atoms with Crippen molar-refractivity contribution >= 4 is 6.29 Å². The largest absolute Gasteiger partial charge is 0.285 e. The molecule has 0 amide bonds. The molecule has 0 saturated carbocycles. The number of hydrogen-bond donors (Lipinski definition) is 0. The average Bonchev–Trinajstić information content (AvgIpc) is 1.95. The van der Waals surface area contributed by atoms with Gasteiger partial charge in [0.2, 0.25) is 6.29 Å². The SMILES string of the molecule is Cc1cc([C]=O)ccc1F. The third-order valence-electron chi connectivity index (χ3n) is 1.28. The van der Waals surface area contributed by atoms with Gasteiger partial charge in [-0.25, -0.2) is 4.39 Å². The molecular formula is C8H6FO. The molecule has 0 fully saturated rings. The van der Waals surface area contributed by atoms with Gasteiger partial charge in [-0.15, -0.1) is 0 Å². The maximum atomic E-state index is 12.5. The molecule has 0 spiro atoms. The van der Waals surface area contributed by atoms with E-state index >= 15 is 0 Å². The molecule has 0 heterocycles. The molecule has 0 unspecified atom stereocenters. The van der Waals surface area contributed by atoms with Crippen LogP contribution < -0.4 is 0 Å². The molecule has 1 aromatic carbocycles. The van der Waals surface area contributed by atoms with E-state index in [9.17, 15) is 9.18 Å². The highest BCUT2D eigenvalue weighted by Crippen LogP contribution is 2.06. The number of rotatable bonds is 1. The van der Waals surface area contributed by atoms with Gasteiger partial charge in [0.1, 0.15) is 5.82 Å². The minimum atomic E-state index is -0.293. The van der Waals surface area contributed by atoms with E-state index in [1.807, 2.05) is 0 Å². The first-order valence-corrected chi connectivity index (χ1v) is 2.88. The first-order chi connectivity index (χ1) is 4.74. The molecule has 1 nitrogen and oxygen atoms in total. The molecular weight excluding hydrogens is 131 g/mol. The van der Waals surface area contributed by atoms with Crippen molar-refractivity contribution in [1.29, 1.82) is 0 Å². The van der Waals surface area contributed by atoms with Crippen molar-refractivity contribution in [3.63, 3.8) is 0 Å². The van der Waals surface area contributed by atoms with Gasteiger partial charge >= 0.3 is 0 Å². The topological polar surface area (TPSA) is 17.1 Å². The van der Waals surface area contributed by atoms with E-state index in [-0.39, 0.29) is 5.82 Å². The van der Waals surface area contributed by atoms with Gasteiger partial charge in [0.25, 0.3) is 0 Å². The van der Waals surface area contributed by atoms with Crippen LogP contribution in [0.25, 0.3) is 0 Å². The maximum absolute atomic E-state index is 12.5. The molecule has 1 aromatic rings. The van der Waals surface area contributed by atoms with Crippen LogP contribution in [0.15, 0.2) is 18.2 Å². The lowest BCUT2D eigenvalue weighted by atomic mass is 10.1. The van der Waals surface area contributed by atoms with Crippen molar-refractivity contribution < 1.29 is 9.18 Å². The zero-order valence-electron chi connectivity index (χ0n) is 5.52. The molecule has 10 heavy (non-hydrogen) atoms. The molecule has 51 valence electrons. The summed E-state index contributed by atoms with van der Waals surface area (Å²) >= 11 is 0. The lowest BCUT2D eigenvalue weighted by Gasteiger charge is -1.93. The summed E-state index contributed by atoms with van der Waals surface area (Å²) in [7, 11) is 0. The minimum Gasteiger partial charge on any atom is -0.285 e. The van der Waals surface area contributed by atoms with Crippen molar-refractivity contribution in [3.05, 3.63) is 35.1 Å². The fraction of sp³-hybridized carbons (Fsp3) is 0.125. The van der Waals surface area contributed by atoms with Crippen molar-refractivity contribution in [2.24, 2.45) is 0 Å². The summed E-state index contributed by atoms with van der Waals surface area (Å²) in [6, 6.07) is 4.12. The Labute approximate surface area is 58.5 Å². The van der Waals surface area contributed by atoms with Crippen LogP contribution in [0, 0.1) is 12.7 Å². The zero-order chi connectivity index (χ0) is 7.56. The Bertz CT molecular complexity index is 255. The Morgan fingerprint density at radius 1 is 1.50 bits per heavy atom. The van der Waals surface area contributed by atoms with Crippen LogP contribution in [-0.4, -0.2) is 6.29 Å². The highest BCUT2D eigenvalue weighted by atomic mass is 19.1. The molecule has 0 saturated heterocycles. The first kappa shape index (κ1) is 6.93. The van der Waals surface area contributed by atoms with Gasteiger partial charge < -0.3 is 0 Å². The smallest absolute Gasteiger partial charge is 0.233 e. The van der Waals surface area contributed by atoms with E-state index in [4.69, 9.17) is 0 Å². The van der Waals surface area contributed by atoms with E-state index in [1.165, 1.54) is 18.2 Å². The van der Waals surface area contributed by atoms with Crippen LogP contribution in [0.1, 0.15) is 11.1 Å². The molecule has 0 atom stereocenters. The quantitative estimate of drug-likeness (QED) is 0.574. The highest BCUT2D eigenvalue weighted by Gasteiger charge is 1.96. The van der Waals surface area contributed by atoms with Crippen LogP contribution >= 0.6 is 0 Å². The van der Waals surface area contributed by atoms with Crippen molar-refractivity contribution in [2.75, 3.05) is 0 Å². The molecule has 0 bridgehead atoms. The predicted molar refractivity (Wildman–Crippen MR) is 35.9 cm³/mol. The number of carbonyl (C=O) groups excluding carboxylic acids is 1. The summed E-state index contributed by atoms with van der Waals surface area (Å²) in [6.45, 7) is 1.61. The standard InChI is InChI=1S/C8H6FO/c1-6-4-7(5-10)2-3-8(6)9/h2-4H,1H3. The van der Waals surface area contributed by atoms with Gasteiger partial charge in [0.05, 0.1) is 0 Å². The second kappa shape index (κ2) is 2.60. The molecule has 0 aliphatic carbocycles. The van der Waals surface area contributed by atoms with Crippen LogP contribution in [0.2, 0.25) is 0 Å². The number of halogens is 1. The summed E-state index contributed by atoms with van der Waals surface area (Å²) in [5, 5.41) is 0. The molecule has 0 aromatic heterocycles. The summed E-state index contributed by atoms with van der Waals surface area (Å²) in [6.07, 6.45) is 1.68. The monoisotopic (exact) mass is 137 g/mol. The number of hydrogen-bond acceptors (Lipinski definition) is 1. The summed E-state index contributed by atoms with van der Waals surface area (Å²) in [4.78, 5) is 10.0. The summed E-state index contributed by atoms with van der Waals surface area (Å²) in [5.41, 5.74) is 0.861. The lowest BCUT2D eigenvalue weighted by Crippen LogP contribution is -1.85. The number of benzene rings is 1.